The Balaban J connectivity index is 2.47. The van der Waals surface area contributed by atoms with Crippen LogP contribution in [0.1, 0.15) is 20.8 Å². The molecule has 5 nitrogen and oxygen atoms in total. The van der Waals surface area contributed by atoms with Crippen molar-refractivity contribution >= 4 is 13.9 Å². The van der Waals surface area contributed by atoms with Gasteiger partial charge in [-0.1, -0.05) is 0 Å². The average Bonchev–Trinajstić information content (AvgIpc) is 2.25. The van der Waals surface area contributed by atoms with Gasteiger partial charge in [0, 0.05) is 0 Å². The van der Waals surface area contributed by atoms with E-state index in [9.17, 15) is 9.69 Å². The maximum absolute atomic E-state index is 11.1. The van der Waals surface area contributed by atoms with Gasteiger partial charge in [0.15, 0.2) is 0 Å². The number of carbonyl (C=O) groups is 1. The first-order valence-corrected chi connectivity index (χ1v) is 6.36. The lowest BCUT2D eigenvalue weighted by atomic mass is 10.3. The van der Waals surface area contributed by atoms with Crippen LogP contribution in [-0.4, -0.2) is 35.8 Å². The molecule has 0 aromatic heterocycles. The van der Waals surface area contributed by atoms with E-state index in [1.54, 1.807) is 20.8 Å². The third kappa shape index (κ3) is 2.89. The van der Waals surface area contributed by atoms with E-state index >= 15 is 0 Å². The van der Waals surface area contributed by atoms with Crippen LogP contribution in [0.25, 0.3) is 0 Å². The highest BCUT2D eigenvalue weighted by Crippen LogP contribution is 2.63. The lowest BCUT2D eigenvalue weighted by molar-refractivity contribution is -0.140. The summed E-state index contributed by atoms with van der Waals surface area (Å²) in [4.78, 5) is 20.9. The van der Waals surface area contributed by atoms with Crippen molar-refractivity contribution in [1.82, 2.24) is 0 Å². The summed E-state index contributed by atoms with van der Waals surface area (Å²) in [5.74, 6) is -0.482. The summed E-state index contributed by atoms with van der Waals surface area (Å²) in [6.45, 7) is 5.60. The standard InChI is InChI=1S/C8H16O5P/c1-4-11-8(9)5-14(10)12-6(2)7(3)13-14/h6-7,10H,4-5H2,1-3H3. The summed E-state index contributed by atoms with van der Waals surface area (Å²) in [6, 6.07) is 0. The molecule has 0 spiro atoms. The molecule has 0 aromatic rings. The van der Waals surface area contributed by atoms with E-state index in [1.165, 1.54) is 0 Å². The fourth-order valence-corrected chi connectivity index (χ4v) is 3.16. The third-order valence-corrected chi connectivity index (χ3v) is 3.94. The van der Waals surface area contributed by atoms with Crippen LogP contribution in [-0.2, 0) is 18.6 Å². The Morgan fingerprint density at radius 1 is 1.43 bits per heavy atom. The van der Waals surface area contributed by atoms with Crippen molar-refractivity contribution in [1.29, 1.82) is 0 Å². The van der Waals surface area contributed by atoms with Crippen molar-refractivity contribution in [3.63, 3.8) is 0 Å². The van der Waals surface area contributed by atoms with Crippen molar-refractivity contribution in [2.45, 2.75) is 33.0 Å². The fraction of sp³-hybridized carbons (Fsp3) is 0.875. The van der Waals surface area contributed by atoms with E-state index in [-0.39, 0.29) is 18.4 Å². The van der Waals surface area contributed by atoms with Crippen LogP contribution in [0.2, 0.25) is 0 Å². The molecule has 1 N–H and O–H groups in total. The van der Waals surface area contributed by atoms with Crippen molar-refractivity contribution in [3.8, 4) is 0 Å². The molecule has 14 heavy (non-hydrogen) atoms. The van der Waals surface area contributed by atoms with Gasteiger partial charge in [-0.25, -0.2) is 0 Å². The molecule has 1 saturated heterocycles. The number of esters is 1. The van der Waals surface area contributed by atoms with Gasteiger partial charge < -0.3 is 18.7 Å². The van der Waals surface area contributed by atoms with Crippen LogP contribution in [0.4, 0.5) is 0 Å². The van der Waals surface area contributed by atoms with E-state index in [0.29, 0.717) is 6.61 Å². The van der Waals surface area contributed by atoms with Gasteiger partial charge in [-0.3, -0.25) is 4.79 Å². The Hall–Kier alpha value is -0.220. The lowest BCUT2D eigenvalue weighted by Gasteiger charge is -2.20. The highest BCUT2D eigenvalue weighted by Gasteiger charge is 2.43. The predicted octanol–water partition coefficient (Wildman–Crippen LogP) is 1.13. The zero-order valence-electron chi connectivity index (χ0n) is 8.60. The SMILES string of the molecule is CCOC(=O)C[P]1(O)OC(C)C(C)O1. The van der Waals surface area contributed by atoms with E-state index in [2.05, 4.69) is 0 Å². The minimum atomic E-state index is -2.99. The van der Waals surface area contributed by atoms with Crippen LogP contribution in [0.5, 0.6) is 0 Å². The highest BCUT2D eigenvalue weighted by atomic mass is 31.2. The molecular weight excluding hydrogens is 207 g/mol. The molecule has 0 aliphatic carbocycles. The smallest absolute Gasteiger partial charge is 0.316 e. The van der Waals surface area contributed by atoms with Gasteiger partial charge in [-0.05, 0) is 20.8 Å². The first kappa shape index (κ1) is 11.9. The minimum Gasteiger partial charge on any atom is -0.466 e. The summed E-state index contributed by atoms with van der Waals surface area (Å²) < 4.78 is 15.2. The Labute approximate surface area is 83.9 Å². The van der Waals surface area contributed by atoms with Crippen molar-refractivity contribution < 1.29 is 23.5 Å². The molecule has 6 heteroatoms. The van der Waals surface area contributed by atoms with Crippen LogP contribution in [0.3, 0.4) is 0 Å². The van der Waals surface area contributed by atoms with Crippen molar-refractivity contribution in [2.75, 3.05) is 12.8 Å². The Morgan fingerprint density at radius 2 is 1.93 bits per heavy atom. The van der Waals surface area contributed by atoms with Gasteiger partial charge in [0.2, 0.25) is 7.94 Å². The molecule has 0 aromatic carbocycles. The van der Waals surface area contributed by atoms with Gasteiger partial charge in [0.25, 0.3) is 0 Å². The molecule has 1 fully saturated rings. The quantitative estimate of drug-likeness (QED) is 0.574. The summed E-state index contributed by atoms with van der Waals surface area (Å²) in [6.07, 6.45) is -0.541. The van der Waals surface area contributed by atoms with Crippen molar-refractivity contribution in [2.24, 2.45) is 0 Å². The average molecular weight is 223 g/mol. The summed E-state index contributed by atoms with van der Waals surface area (Å²) >= 11 is 0. The first-order valence-electron chi connectivity index (χ1n) is 4.60. The molecule has 1 aliphatic heterocycles. The molecule has 0 bridgehead atoms. The number of rotatable bonds is 3. The zero-order chi connectivity index (χ0) is 10.8. The molecule has 2 unspecified atom stereocenters. The number of ether oxygens (including phenoxy) is 1. The lowest BCUT2D eigenvalue weighted by Crippen LogP contribution is -2.13. The normalized spacial score (nSPS) is 37.1. The first-order chi connectivity index (χ1) is 6.47. The third-order valence-electron chi connectivity index (χ3n) is 1.96. The second-order valence-corrected chi connectivity index (χ2v) is 5.23. The van der Waals surface area contributed by atoms with Crippen molar-refractivity contribution in [3.05, 3.63) is 0 Å². The molecule has 1 radical (unpaired) electrons. The highest BCUT2D eigenvalue weighted by molar-refractivity contribution is 7.61. The summed E-state index contributed by atoms with van der Waals surface area (Å²) in [5.41, 5.74) is 0. The molecule has 1 heterocycles. The maximum atomic E-state index is 11.1. The van der Waals surface area contributed by atoms with E-state index in [1.807, 2.05) is 0 Å². The molecule has 1 aliphatic rings. The largest absolute Gasteiger partial charge is 0.466 e. The number of carbonyl (C=O) groups excluding carboxylic acids is 1. The predicted molar refractivity (Wildman–Crippen MR) is 51.7 cm³/mol. The fourth-order valence-electron chi connectivity index (χ4n) is 1.16. The Bertz CT molecular complexity index is 210. The zero-order valence-corrected chi connectivity index (χ0v) is 9.49. The second-order valence-electron chi connectivity index (χ2n) is 3.22. The van der Waals surface area contributed by atoms with Gasteiger partial charge in [-0.2, -0.15) is 0 Å². The van der Waals surface area contributed by atoms with Gasteiger partial charge in [-0.15, -0.1) is 0 Å². The molecule has 2 atom stereocenters. The number of hydrogen-bond donors (Lipinski definition) is 1. The van der Waals surface area contributed by atoms with Crippen LogP contribution >= 0.6 is 7.94 Å². The number of hydrogen-bond acceptors (Lipinski definition) is 5. The molecule has 1 rings (SSSR count). The minimum absolute atomic E-state index is 0.178. The Kier molecular flexibility index (Phi) is 3.84. The van der Waals surface area contributed by atoms with Crippen LogP contribution in [0.15, 0.2) is 0 Å². The monoisotopic (exact) mass is 223 g/mol. The van der Waals surface area contributed by atoms with Crippen LogP contribution in [0, 0.1) is 0 Å². The molecule has 0 amide bonds. The summed E-state index contributed by atoms with van der Waals surface area (Å²) in [5, 5.41) is 0. The van der Waals surface area contributed by atoms with E-state index < -0.39 is 13.9 Å². The Morgan fingerprint density at radius 3 is 2.36 bits per heavy atom. The molecule has 0 saturated carbocycles. The maximum Gasteiger partial charge on any atom is 0.316 e. The topological polar surface area (TPSA) is 65.0 Å². The van der Waals surface area contributed by atoms with Gasteiger partial charge in [0.05, 0.1) is 18.8 Å². The van der Waals surface area contributed by atoms with Gasteiger partial charge >= 0.3 is 5.97 Å². The second kappa shape index (κ2) is 4.53. The molecular formula is C8H16O5P. The summed E-state index contributed by atoms with van der Waals surface area (Å²) in [7, 11) is -2.99. The molecule has 83 valence electrons. The van der Waals surface area contributed by atoms with Crippen LogP contribution < -0.4 is 0 Å². The van der Waals surface area contributed by atoms with E-state index in [4.69, 9.17) is 13.8 Å². The van der Waals surface area contributed by atoms with Gasteiger partial charge in [0.1, 0.15) is 6.16 Å². The van der Waals surface area contributed by atoms with E-state index in [0.717, 1.165) is 0 Å².